The van der Waals surface area contributed by atoms with Crippen LogP contribution in [0.5, 0.6) is 0 Å². The van der Waals surface area contributed by atoms with E-state index in [0.717, 1.165) is 16.2 Å². The van der Waals surface area contributed by atoms with E-state index in [1.54, 1.807) is 28.0 Å². The van der Waals surface area contributed by atoms with Crippen molar-refractivity contribution >= 4 is 51.1 Å². The zero-order valence-electron chi connectivity index (χ0n) is 12.7. The van der Waals surface area contributed by atoms with Gasteiger partial charge in [0.15, 0.2) is 4.96 Å². The Morgan fingerprint density at radius 2 is 1.88 bits per heavy atom. The van der Waals surface area contributed by atoms with Crippen LogP contribution in [0.1, 0.15) is 10.5 Å². The highest BCUT2D eigenvalue weighted by atomic mass is 35.5. The van der Waals surface area contributed by atoms with Gasteiger partial charge in [-0.3, -0.25) is 9.20 Å². The Kier molecular flexibility index (Phi) is 4.21. The summed E-state index contributed by atoms with van der Waals surface area (Å²) >= 11 is 13.3. The third-order valence-electron chi connectivity index (χ3n) is 3.69. The third-order valence-corrected chi connectivity index (χ3v) is 5.27. The Hall–Kier alpha value is -2.34. The van der Waals surface area contributed by atoms with Crippen molar-refractivity contribution < 1.29 is 4.79 Å². The average Bonchev–Trinajstić information content (AvgIpc) is 3.19. The first-order valence-electron chi connectivity index (χ1n) is 7.40. The first-order chi connectivity index (χ1) is 12.1. The Morgan fingerprint density at radius 3 is 2.64 bits per heavy atom. The largest absolute Gasteiger partial charge is 0.321 e. The molecule has 0 saturated heterocycles. The molecule has 2 heterocycles. The van der Waals surface area contributed by atoms with Gasteiger partial charge in [0.25, 0.3) is 5.91 Å². The van der Waals surface area contributed by atoms with Crippen LogP contribution < -0.4 is 5.32 Å². The van der Waals surface area contributed by atoms with Crippen molar-refractivity contribution in [3.05, 3.63) is 75.8 Å². The van der Waals surface area contributed by atoms with Crippen molar-refractivity contribution in [2.45, 2.75) is 0 Å². The number of thiazole rings is 1. The van der Waals surface area contributed by atoms with Gasteiger partial charge in [0.2, 0.25) is 0 Å². The van der Waals surface area contributed by atoms with Crippen LogP contribution in [0.3, 0.4) is 0 Å². The van der Waals surface area contributed by atoms with Gasteiger partial charge in [0.05, 0.1) is 15.7 Å². The van der Waals surface area contributed by atoms with Crippen molar-refractivity contribution in [3.8, 4) is 11.3 Å². The first-order valence-corrected chi connectivity index (χ1v) is 9.04. The lowest BCUT2D eigenvalue weighted by atomic mass is 10.2. The molecular formula is C18H11Cl2N3OS. The Morgan fingerprint density at radius 1 is 1.08 bits per heavy atom. The highest BCUT2D eigenvalue weighted by Crippen LogP contribution is 2.27. The summed E-state index contributed by atoms with van der Waals surface area (Å²) in [6, 6.07) is 14.8. The second-order valence-corrected chi connectivity index (χ2v) is 7.00. The van der Waals surface area contributed by atoms with Crippen LogP contribution in [0.15, 0.2) is 60.1 Å². The molecule has 124 valence electrons. The molecule has 1 N–H and O–H groups in total. The number of rotatable bonds is 3. The maximum absolute atomic E-state index is 12.6. The molecule has 2 aromatic heterocycles. The van der Waals surface area contributed by atoms with E-state index >= 15 is 0 Å². The van der Waals surface area contributed by atoms with Crippen LogP contribution in [-0.4, -0.2) is 15.3 Å². The normalized spacial score (nSPS) is 11.0. The van der Waals surface area contributed by atoms with Crippen molar-refractivity contribution in [3.63, 3.8) is 0 Å². The number of nitrogens with zero attached hydrogens (tertiary/aromatic N) is 2. The molecule has 4 aromatic rings. The van der Waals surface area contributed by atoms with Gasteiger partial charge in [-0.2, -0.15) is 0 Å². The SMILES string of the molecule is O=C(Nc1ccc(Cl)c(Cl)c1)c1csc2nc(-c3ccccc3)cn12. The summed E-state index contributed by atoms with van der Waals surface area (Å²) in [6.07, 6.45) is 1.87. The number of hydrogen-bond acceptors (Lipinski definition) is 3. The lowest BCUT2D eigenvalue weighted by Crippen LogP contribution is -2.13. The molecule has 0 saturated carbocycles. The van der Waals surface area contributed by atoms with Gasteiger partial charge in [-0.05, 0) is 18.2 Å². The van der Waals surface area contributed by atoms with E-state index in [1.807, 2.05) is 36.5 Å². The third kappa shape index (κ3) is 3.14. The number of benzene rings is 2. The summed E-state index contributed by atoms with van der Waals surface area (Å²) in [4.78, 5) is 17.9. The van der Waals surface area contributed by atoms with E-state index in [-0.39, 0.29) is 5.91 Å². The monoisotopic (exact) mass is 387 g/mol. The average molecular weight is 388 g/mol. The van der Waals surface area contributed by atoms with Gasteiger partial charge < -0.3 is 5.32 Å². The fourth-order valence-corrected chi connectivity index (χ4v) is 3.62. The molecule has 0 unspecified atom stereocenters. The van der Waals surface area contributed by atoms with Crippen LogP contribution in [0.4, 0.5) is 5.69 Å². The van der Waals surface area contributed by atoms with Gasteiger partial charge in [0.1, 0.15) is 5.69 Å². The van der Waals surface area contributed by atoms with Crippen LogP contribution in [0, 0.1) is 0 Å². The number of halogens is 2. The maximum atomic E-state index is 12.6. The molecule has 4 rings (SSSR count). The van der Waals surface area contributed by atoms with Crippen LogP contribution in [0.25, 0.3) is 16.2 Å². The summed E-state index contributed by atoms with van der Waals surface area (Å²) in [5.41, 5.74) is 2.94. The minimum absolute atomic E-state index is 0.235. The fourth-order valence-electron chi connectivity index (χ4n) is 2.46. The summed E-state index contributed by atoms with van der Waals surface area (Å²) in [6.45, 7) is 0. The number of fused-ring (bicyclic) bond motifs is 1. The minimum Gasteiger partial charge on any atom is -0.321 e. The van der Waals surface area contributed by atoms with Crippen molar-refractivity contribution in [2.24, 2.45) is 0 Å². The smallest absolute Gasteiger partial charge is 0.273 e. The zero-order valence-corrected chi connectivity index (χ0v) is 15.1. The molecule has 0 aliphatic rings. The second kappa shape index (κ2) is 6.52. The van der Waals surface area contributed by atoms with Gasteiger partial charge in [-0.25, -0.2) is 4.98 Å². The molecule has 0 aliphatic carbocycles. The molecule has 0 radical (unpaired) electrons. The molecule has 25 heavy (non-hydrogen) atoms. The van der Waals surface area contributed by atoms with Crippen molar-refractivity contribution in [2.75, 3.05) is 5.32 Å². The van der Waals surface area contributed by atoms with Crippen LogP contribution in [0.2, 0.25) is 10.0 Å². The Labute approximate surface area is 157 Å². The number of carbonyl (C=O) groups is 1. The van der Waals surface area contributed by atoms with E-state index < -0.39 is 0 Å². The molecule has 0 bridgehead atoms. The maximum Gasteiger partial charge on any atom is 0.273 e. The van der Waals surface area contributed by atoms with Gasteiger partial charge in [-0.15, -0.1) is 11.3 Å². The van der Waals surface area contributed by atoms with E-state index in [2.05, 4.69) is 10.3 Å². The van der Waals surface area contributed by atoms with Gasteiger partial charge >= 0.3 is 0 Å². The molecule has 0 aliphatic heterocycles. The van der Waals surface area contributed by atoms with E-state index in [4.69, 9.17) is 23.2 Å². The highest BCUT2D eigenvalue weighted by Gasteiger charge is 2.15. The molecule has 0 fully saturated rings. The Balaban J connectivity index is 1.65. The first kappa shape index (κ1) is 16.1. The van der Waals surface area contributed by atoms with Crippen LogP contribution >= 0.6 is 34.5 Å². The number of nitrogens with one attached hydrogen (secondary N) is 1. The summed E-state index contributed by atoms with van der Waals surface area (Å²) in [5.74, 6) is -0.235. The quantitative estimate of drug-likeness (QED) is 0.495. The van der Waals surface area contributed by atoms with E-state index in [9.17, 15) is 4.79 Å². The molecule has 0 atom stereocenters. The lowest BCUT2D eigenvalue weighted by Gasteiger charge is -2.05. The number of anilines is 1. The predicted molar refractivity (Wildman–Crippen MR) is 103 cm³/mol. The number of amides is 1. The number of hydrogen-bond donors (Lipinski definition) is 1. The van der Waals surface area contributed by atoms with Crippen molar-refractivity contribution in [1.29, 1.82) is 0 Å². The predicted octanol–water partition coefficient (Wildman–Crippen LogP) is 5.62. The standard InChI is InChI=1S/C18H11Cl2N3OS/c19-13-7-6-12(8-14(13)20)21-17(24)16-10-25-18-22-15(9-23(16)18)11-4-2-1-3-5-11/h1-10H,(H,21,24). The molecule has 1 amide bonds. The number of aromatic nitrogens is 2. The minimum atomic E-state index is -0.235. The zero-order chi connectivity index (χ0) is 17.4. The van der Waals surface area contributed by atoms with E-state index in [1.165, 1.54) is 11.3 Å². The lowest BCUT2D eigenvalue weighted by molar-refractivity contribution is 0.102. The molecule has 2 aromatic carbocycles. The molecule has 0 spiro atoms. The van der Waals surface area contributed by atoms with Gasteiger partial charge in [-0.1, -0.05) is 53.5 Å². The van der Waals surface area contributed by atoms with Crippen molar-refractivity contribution in [1.82, 2.24) is 9.38 Å². The topological polar surface area (TPSA) is 46.4 Å². The second-order valence-electron chi connectivity index (χ2n) is 5.35. The molecular weight excluding hydrogens is 377 g/mol. The van der Waals surface area contributed by atoms with Crippen LogP contribution in [-0.2, 0) is 0 Å². The fraction of sp³-hybridized carbons (Fsp3) is 0. The Bertz CT molecular complexity index is 1070. The van der Waals surface area contributed by atoms with Gasteiger partial charge in [0, 0.05) is 22.8 Å². The number of carbonyl (C=O) groups excluding carboxylic acids is 1. The summed E-state index contributed by atoms with van der Waals surface area (Å²) in [5, 5.41) is 5.45. The highest BCUT2D eigenvalue weighted by molar-refractivity contribution is 7.15. The number of imidazole rings is 1. The molecule has 4 nitrogen and oxygen atoms in total. The molecule has 7 heteroatoms. The summed E-state index contributed by atoms with van der Waals surface area (Å²) < 4.78 is 1.79. The summed E-state index contributed by atoms with van der Waals surface area (Å²) in [7, 11) is 0. The van der Waals surface area contributed by atoms with E-state index in [0.29, 0.717) is 21.4 Å².